The lowest BCUT2D eigenvalue weighted by molar-refractivity contribution is -0.142. The van der Waals surface area contributed by atoms with Crippen molar-refractivity contribution in [2.24, 2.45) is 5.73 Å². The van der Waals surface area contributed by atoms with Gasteiger partial charge < -0.3 is 15.6 Å². The minimum Gasteiger partial charge on any atom is -0.480 e. The highest BCUT2D eigenvalue weighted by Crippen LogP contribution is 2.22. The van der Waals surface area contributed by atoms with Gasteiger partial charge in [0.2, 0.25) is 0 Å². The second kappa shape index (κ2) is 5.85. The highest BCUT2D eigenvalue weighted by Gasteiger charge is 2.09. The van der Waals surface area contributed by atoms with Crippen LogP contribution >= 0.6 is 11.3 Å². The molecule has 5 heteroatoms. The number of aryl methyl sites for hydroxylation is 1. The smallest absolute Gasteiger partial charge is 0.329 e. The molecule has 0 fully saturated rings. The van der Waals surface area contributed by atoms with Crippen LogP contribution in [0.25, 0.3) is 0 Å². The number of aliphatic carboxylic acids is 1. The third-order valence-corrected chi connectivity index (χ3v) is 3.28. The van der Waals surface area contributed by atoms with E-state index in [0.717, 1.165) is 11.3 Å². The minimum atomic E-state index is -0.970. The Bertz CT molecular complexity index is 324. The lowest BCUT2D eigenvalue weighted by Crippen LogP contribution is -2.18. The van der Waals surface area contributed by atoms with Gasteiger partial charge in [-0.05, 0) is 18.6 Å². The zero-order valence-electron chi connectivity index (χ0n) is 8.60. The highest BCUT2D eigenvalue weighted by atomic mass is 32.1. The molecule has 1 atom stereocenters. The molecule has 0 saturated carbocycles. The standard InChI is InChI=1S/C10H15NO3S/c1-2-7-3-4-9(15-7)8(11)5-14-6-10(12)13/h3-4,8H,2,5-6,11H2,1H3,(H,12,13). The zero-order chi connectivity index (χ0) is 11.3. The van der Waals surface area contributed by atoms with Gasteiger partial charge in [0.1, 0.15) is 6.61 Å². The molecule has 0 aliphatic carbocycles. The van der Waals surface area contributed by atoms with Crippen molar-refractivity contribution in [3.8, 4) is 0 Å². The third kappa shape index (κ3) is 3.99. The maximum absolute atomic E-state index is 10.2. The molecule has 0 amide bonds. The van der Waals surface area contributed by atoms with Gasteiger partial charge in [-0.1, -0.05) is 6.92 Å². The summed E-state index contributed by atoms with van der Waals surface area (Å²) in [6, 6.07) is 3.78. The summed E-state index contributed by atoms with van der Waals surface area (Å²) in [6.07, 6.45) is 0.993. The van der Waals surface area contributed by atoms with Crippen molar-refractivity contribution in [3.05, 3.63) is 21.9 Å². The van der Waals surface area contributed by atoms with Crippen LogP contribution < -0.4 is 5.73 Å². The zero-order valence-corrected chi connectivity index (χ0v) is 9.42. The molecule has 0 bridgehead atoms. The molecular formula is C10H15NO3S. The number of hydrogen-bond acceptors (Lipinski definition) is 4. The molecule has 1 aromatic heterocycles. The fraction of sp³-hybridized carbons (Fsp3) is 0.500. The molecule has 1 unspecified atom stereocenters. The Morgan fingerprint density at radius 1 is 1.67 bits per heavy atom. The average Bonchev–Trinajstić information content (AvgIpc) is 2.65. The number of nitrogens with two attached hydrogens (primary N) is 1. The quantitative estimate of drug-likeness (QED) is 0.773. The SMILES string of the molecule is CCc1ccc(C(N)COCC(=O)O)s1. The van der Waals surface area contributed by atoms with Crippen molar-refractivity contribution >= 4 is 17.3 Å². The second-order valence-electron chi connectivity index (χ2n) is 3.17. The first-order valence-corrected chi connectivity index (χ1v) is 5.58. The van der Waals surface area contributed by atoms with E-state index in [1.165, 1.54) is 4.88 Å². The molecule has 0 spiro atoms. The van der Waals surface area contributed by atoms with Gasteiger partial charge in [0.15, 0.2) is 0 Å². The first-order valence-electron chi connectivity index (χ1n) is 4.77. The number of thiophene rings is 1. The molecule has 1 heterocycles. The maximum atomic E-state index is 10.2. The van der Waals surface area contributed by atoms with E-state index >= 15 is 0 Å². The van der Waals surface area contributed by atoms with Crippen LogP contribution in [-0.2, 0) is 16.0 Å². The minimum absolute atomic E-state index is 0.227. The Morgan fingerprint density at radius 2 is 2.40 bits per heavy atom. The number of rotatable bonds is 6. The van der Waals surface area contributed by atoms with Crippen LogP contribution in [0.1, 0.15) is 22.7 Å². The van der Waals surface area contributed by atoms with E-state index in [-0.39, 0.29) is 19.3 Å². The average molecular weight is 229 g/mol. The van der Waals surface area contributed by atoms with Crippen molar-refractivity contribution in [2.45, 2.75) is 19.4 Å². The molecule has 0 aliphatic rings. The third-order valence-electron chi connectivity index (χ3n) is 1.92. The number of carbonyl (C=O) groups is 1. The Kier molecular flexibility index (Phi) is 4.74. The predicted octanol–water partition coefficient (Wildman–Crippen LogP) is 1.41. The summed E-state index contributed by atoms with van der Waals surface area (Å²) >= 11 is 1.65. The van der Waals surface area contributed by atoms with Gasteiger partial charge in [0.05, 0.1) is 12.6 Å². The van der Waals surface area contributed by atoms with Crippen molar-refractivity contribution in [3.63, 3.8) is 0 Å². The summed E-state index contributed by atoms with van der Waals surface area (Å²) in [7, 11) is 0. The lowest BCUT2D eigenvalue weighted by Gasteiger charge is -2.08. The first kappa shape index (κ1) is 12.2. The van der Waals surface area contributed by atoms with Crippen molar-refractivity contribution in [2.75, 3.05) is 13.2 Å². The van der Waals surface area contributed by atoms with E-state index in [4.69, 9.17) is 15.6 Å². The van der Waals surface area contributed by atoms with Gasteiger partial charge in [0, 0.05) is 9.75 Å². The van der Waals surface area contributed by atoms with Crippen LogP contribution in [0.3, 0.4) is 0 Å². The summed E-state index contributed by atoms with van der Waals surface area (Å²) in [5.74, 6) is -0.970. The normalized spacial score (nSPS) is 12.7. The van der Waals surface area contributed by atoms with Crippen molar-refractivity contribution < 1.29 is 14.6 Å². The van der Waals surface area contributed by atoms with E-state index in [0.29, 0.717) is 0 Å². The van der Waals surface area contributed by atoms with E-state index in [1.54, 1.807) is 11.3 Å². The number of ether oxygens (including phenoxy) is 1. The summed E-state index contributed by atoms with van der Waals surface area (Å²) in [5.41, 5.74) is 5.84. The molecule has 0 saturated heterocycles. The molecule has 84 valence electrons. The van der Waals surface area contributed by atoms with Crippen LogP contribution in [0.15, 0.2) is 12.1 Å². The predicted molar refractivity (Wildman–Crippen MR) is 59.1 cm³/mol. The van der Waals surface area contributed by atoms with Crippen LogP contribution in [0, 0.1) is 0 Å². The van der Waals surface area contributed by atoms with Crippen LogP contribution in [0.5, 0.6) is 0 Å². The Hall–Kier alpha value is -0.910. The Labute approximate surface area is 92.7 Å². The maximum Gasteiger partial charge on any atom is 0.329 e. The van der Waals surface area contributed by atoms with Crippen molar-refractivity contribution in [1.82, 2.24) is 0 Å². The molecule has 0 aliphatic heterocycles. The van der Waals surface area contributed by atoms with E-state index in [1.807, 2.05) is 12.1 Å². The van der Waals surface area contributed by atoms with E-state index in [9.17, 15) is 4.79 Å². The van der Waals surface area contributed by atoms with Gasteiger partial charge in [-0.3, -0.25) is 0 Å². The molecule has 0 aromatic carbocycles. The fourth-order valence-electron chi connectivity index (χ4n) is 1.14. The number of carboxylic acids is 1. The topological polar surface area (TPSA) is 72.5 Å². The highest BCUT2D eigenvalue weighted by molar-refractivity contribution is 7.12. The first-order chi connectivity index (χ1) is 7.13. The van der Waals surface area contributed by atoms with Crippen LogP contribution in [-0.4, -0.2) is 24.3 Å². The van der Waals surface area contributed by atoms with Gasteiger partial charge in [-0.25, -0.2) is 4.79 Å². The van der Waals surface area contributed by atoms with E-state index < -0.39 is 5.97 Å². The summed E-state index contributed by atoms with van der Waals surface area (Å²) < 4.78 is 4.94. The number of carboxylic acid groups (broad SMARTS) is 1. The summed E-state index contributed by atoms with van der Waals surface area (Å²) in [4.78, 5) is 12.5. The monoisotopic (exact) mass is 229 g/mol. The summed E-state index contributed by atoms with van der Waals surface area (Å²) in [6.45, 7) is 2.04. The van der Waals surface area contributed by atoms with Gasteiger partial charge >= 0.3 is 5.97 Å². The lowest BCUT2D eigenvalue weighted by atomic mass is 10.2. The molecule has 0 radical (unpaired) electrons. The van der Waals surface area contributed by atoms with Crippen LogP contribution in [0.2, 0.25) is 0 Å². The molecule has 15 heavy (non-hydrogen) atoms. The Balaban J connectivity index is 2.39. The van der Waals surface area contributed by atoms with Crippen molar-refractivity contribution in [1.29, 1.82) is 0 Å². The largest absolute Gasteiger partial charge is 0.480 e. The van der Waals surface area contributed by atoms with Gasteiger partial charge in [-0.15, -0.1) is 11.3 Å². The second-order valence-corrected chi connectivity index (χ2v) is 4.37. The summed E-state index contributed by atoms with van der Waals surface area (Å²) in [5, 5.41) is 8.38. The van der Waals surface area contributed by atoms with Crippen LogP contribution in [0.4, 0.5) is 0 Å². The van der Waals surface area contributed by atoms with Gasteiger partial charge in [0.25, 0.3) is 0 Å². The number of hydrogen-bond donors (Lipinski definition) is 2. The fourth-order valence-corrected chi connectivity index (χ4v) is 2.08. The molecule has 1 rings (SSSR count). The molecule has 3 N–H and O–H groups in total. The Morgan fingerprint density at radius 3 is 2.93 bits per heavy atom. The molecule has 4 nitrogen and oxygen atoms in total. The molecular weight excluding hydrogens is 214 g/mol. The molecule has 1 aromatic rings. The van der Waals surface area contributed by atoms with Gasteiger partial charge in [-0.2, -0.15) is 0 Å². The van der Waals surface area contributed by atoms with E-state index in [2.05, 4.69) is 6.92 Å².